The van der Waals surface area contributed by atoms with E-state index in [-0.39, 0.29) is 0 Å². The fourth-order valence-electron chi connectivity index (χ4n) is 2.65. The third-order valence-electron chi connectivity index (χ3n) is 3.78. The van der Waals surface area contributed by atoms with Gasteiger partial charge in [-0.1, -0.05) is 0 Å². The first kappa shape index (κ1) is 13.2. The standard InChI is InChI=1S/C14H17N7O/c1-10-6-16-14-13(19-20-2-4-22-5-3-20)15-9-12(21(10)14)11-7-17-18-8-11/h6-9H,2-5H2,1H3,(H,15,19)(H,17,18). The third-order valence-corrected chi connectivity index (χ3v) is 3.78. The lowest BCUT2D eigenvalue weighted by Gasteiger charge is -2.27. The Kier molecular flexibility index (Phi) is 3.24. The minimum Gasteiger partial charge on any atom is -0.379 e. The monoisotopic (exact) mass is 299 g/mol. The lowest BCUT2D eigenvalue weighted by Crippen LogP contribution is -2.40. The van der Waals surface area contributed by atoms with Crippen LogP contribution in [0.15, 0.2) is 24.8 Å². The second-order valence-electron chi connectivity index (χ2n) is 5.25. The molecule has 1 fully saturated rings. The number of hydrogen-bond donors (Lipinski definition) is 2. The Labute approximate surface area is 127 Å². The molecule has 8 nitrogen and oxygen atoms in total. The average molecular weight is 299 g/mol. The van der Waals surface area contributed by atoms with Gasteiger partial charge in [0.2, 0.25) is 0 Å². The minimum absolute atomic E-state index is 0.726. The van der Waals surface area contributed by atoms with Gasteiger partial charge in [0.1, 0.15) is 0 Å². The Bertz CT molecular complexity index is 774. The molecule has 0 aromatic carbocycles. The topological polar surface area (TPSA) is 83.4 Å². The number of nitrogens with zero attached hydrogens (tertiary/aromatic N) is 5. The molecule has 0 unspecified atom stereocenters. The zero-order valence-electron chi connectivity index (χ0n) is 12.3. The molecule has 0 aliphatic carbocycles. The number of hydrazine groups is 1. The highest BCUT2D eigenvalue weighted by Crippen LogP contribution is 2.24. The van der Waals surface area contributed by atoms with Gasteiger partial charge < -0.3 is 4.74 Å². The van der Waals surface area contributed by atoms with Gasteiger partial charge in [-0.15, -0.1) is 0 Å². The molecule has 0 spiro atoms. The summed E-state index contributed by atoms with van der Waals surface area (Å²) in [5.41, 5.74) is 7.15. The Morgan fingerprint density at radius 2 is 2.05 bits per heavy atom. The van der Waals surface area contributed by atoms with Gasteiger partial charge in [-0.2, -0.15) is 5.10 Å². The Morgan fingerprint density at radius 3 is 2.82 bits per heavy atom. The predicted octanol–water partition coefficient (Wildman–Crippen LogP) is 1.09. The van der Waals surface area contributed by atoms with Crippen molar-refractivity contribution in [2.24, 2.45) is 0 Å². The molecule has 1 aliphatic rings. The van der Waals surface area contributed by atoms with E-state index in [2.05, 4.69) is 35.0 Å². The summed E-state index contributed by atoms with van der Waals surface area (Å²) in [7, 11) is 0. The van der Waals surface area contributed by atoms with Crippen molar-refractivity contribution in [1.29, 1.82) is 0 Å². The van der Waals surface area contributed by atoms with Crippen molar-refractivity contribution in [1.82, 2.24) is 29.6 Å². The van der Waals surface area contributed by atoms with E-state index in [0.717, 1.165) is 54.7 Å². The van der Waals surface area contributed by atoms with Gasteiger partial charge in [-0.3, -0.25) is 14.9 Å². The summed E-state index contributed by atoms with van der Waals surface area (Å²) in [5.74, 6) is 0.752. The van der Waals surface area contributed by atoms with Crippen LogP contribution < -0.4 is 5.43 Å². The van der Waals surface area contributed by atoms with Gasteiger partial charge in [0.25, 0.3) is 0 Å². The predicted molar refractivity (Wildman–Crippen MR) is 81.3 cm³/mol. The molecule has 1 aliphatic heterocycles. The number of H-pyrrole nitrogens is 1. The first-order valence-corrected chi connectivity index (χ1v) is 7.24. The number of rotatable bonds is 3. The lowest BCUT2D eigenvalue weighted by atomic mass is 10.2. The summed E-state index contributed by atoms with van der Waals surface area (Å²) >= 11 is 0. The van der Waals surface area contributed by atoms with E-state index in [1.807, 2.05) is 25.5 Å². The Morgan fingerprint density at radius 1 is 1.18 bits per heavy atom. The smallest absolute Gasteiger partial charge is 0.184 e. The maximum atomic E-state index is 5.36. The molecule has 0 saturated carbocycles. The van der Waals surface area contributed by atoms with Crippen molar-refractivity contribution in [2.45, 2.75) is 6.92 Å². The Hall–Kier alpha value is -2.45. The number of aromatic amines is 1. The van der Waals surface area contributed by atoms with Gasteiger partial charge in [-0.05, 0) is 6.92 Å². The molecule has 114 valence electrons. The van der Waals surface area contributed by atoms with E-state index in [1.165, 1.54) is 0 Å². The largest absolute Gasteiger partial charge is 0.379 e. The molecule has 0 atom stereocenters. The molecule has 1 saturated heterocycles. The number of fused-ring (bicyclic) bond motifs is 1. The number of imidazole rings is 1. The van der Waals surface area contributed by atoms with Crippen LogP contribution in [0.1, 0.15) is 5.69 Å². The first-order valence-electron chi connectivity index (χ1n) is 7.24. The second-order valence-corrected chi connectivity index (χ2v) is 5.25. The van der Waals surface area contributed by atoms with E-state index in [4.69, 9.17) is 4.74 Å². The number of aryl methyl sites for hydroxylation is 1. The molecule has 8 heteroatoms. The molecular formula is C14H17N7O. The van der Waals surface area contributed by atoms with Gasteiger partial charge in [0.05, 0.1) is 31.3 Å². The van der Waals surface area contributed by atoms with Gasteiger partial charge >= 0.3 is 0 Å². The highest BCUT2D eigenvalue weighted by Gasteiger charge is 2.16. The van der Waals surface area contributed by atoms with Crippen LogP contribution in [0.2, 0.25) is 0 Å². The number of ether oxygens (including phenoxy) is 1. The van der Waals surface area contributed by atoms with Crippen LogP contribution in [0.3, 0.4) is 0 Å². The fraction of sp³-hybridized carbons (Fsp3) is 0.357. The van der Waals surface area contributed by atoms with Crippen LogP contribution in [0, 0.1) is 6.92 Å². The van der Waals surface area contributed by atoms with Crippen LogP contribution in [-0.4, -0.2) is 55.9 Å². The van der Waals surface area contributed by atoms with Crippen molar-refractivity contribution in [2.75, 3.05) is 31.7 Å². The van der Waals surface area contributed by atoms with Crippen LogP contribution in [0.4, 0.5) is 5.82 Å². The second kappa shape index (κ2) is 5.39. The Balaban J connectivity index is 1.76. The van der Waals surface area contributed by atoms with Gasteiger partial charge in [-0.25, -0.2) is 15.0 Å². The molecule has 2 N–H and O–H groups in total. The van der Waals surface area contributed by atoms with Crippen molar-refractivity contribution in [3.8, 4) is 11.3 Å². The minimum atomic E-state index is 0.726. The first-order chi connectivity index (χ1) is 10.8. The highest BCUT2D eigenvalue weighted by atomic mass is 16.5. The van der Waals surface area contributed by atoms with E-state index in [0.29, 0.717) is 0 Å². The van der Waals surface area contributed by atoms with E-state index in [1.54, 1.807) is 6.20 Å². The molecule has 4 heterocycles. The number of nitrogens with one attached hydrogen (secondary N) is 2. The van der Waals surface area contributed by atoms with E-state index < -0.39 is 0 Å². The maximum Gasteiger partial charge on any atom is 0.184 e. The summed E-state index contributed by atoms with van der Waals surface area (Å²) in [6, 6.07) is 0. The summed E-state index contributed by atoms with van der Waals surface area (Å²) in [6.45, 7) is 5.14. The molecule has 0 amide bonds. The fourth-order valence-corrected chi connectivity index (χ4v) is 2.65. The number of anilines is 1. The quantitative estimate of drug-likeness (QED) is 0.753. The van der Waals surface area contributed by atoms with Crippen molar-refractivity contribution in [3.05, 3.63) is 30.5 Å². The van der Waals surface area contributed by atoms with Crippen molar-refractivity contribution >= 4 is 11.5 Å². The van der Waals surface area contributed by atoms with Crippen LogP contribution in [0.25, 0.3) is 16.9 Å². The molecular weight excluding hydrogens is 282 g/mol. The normalized spacial score (nSPS) is 16.2. The average Bonchev–Trinajstić information content (AvgIpc) is 3.20. The summed E-state index contributed by atoms with van der Waals surface area (Å²) in [6.07, 6.45) is 7.33. The number of aromatic nitrogens is 5. The zero-order valence-corrected chi connectivity index (χ0v) is 12.3. The molecule has 0 bridgehead atoms. The number of hydrogen-bond acceptors (Lipinski definition) is 6. The van der Waals surface area contributed by atoms with Crippen LogP contribution in [-0.2, 0) is 4.74 Å². The van der Waals surface area contributed by atoms with Crippen LogP contribution in [0.5, 0.6) is 0 Å². The molecule has 22 heavy (non-hydrogen) atoms. The van der Waals surface area contributed by atoms with Gasteiger partial charge in [0, 0.05) is 36.7 Å². The maximum absolute atomic E-state index is 5.36. The van der Waals surface area contributed by atoms with Crippen molar-refractivity contribution in [3.63, 3.8) is 0 Å². The zero-order chi connectivity index (χ0) is 14.9. The molecule has 3 aromatic rings. The third kappa shape index (κ3) is 2.22. The molecule has 0 radical (unpaired) electrons. The SMILES string of the molecule is Cc1cnc2c(NN3CCOCC3)ncc(-c3cn[nH]c3)n12. The van der Waals surface area contributed by atoms with Crippen LogP contribution >= 0.6 is 0 Å². The van der Waals surface area contributed by atoms with Crippen molar-refractivity contribution < 1.29 is 4.74 Å². The van der Waals surface area contributed by atoms with Gasteiger partial charge in [0.15, 0.2) is 11.5 Å². The highest BCUT2D eigenvalue weighted by molar-refractivity contribution is 5.70. The molecule has 3 aromatic heterocycles. The number of morpholine rings is 1. The summed E-state index contributed by atoms with van der Waals surface area (Å²) < 4.78 is 7.45. The lowest BCUT2D eigenvalue weighted by molar-refractivity contribution is 0.0495. The molecule has 4 rings (SSSR count). The van der Waals surface area contributed by atoms with E-state index in [9.17, 15) is 0 Å². The summed E-state index contributed by atoms with van der Waals surface area (Å²) in [5, 5.41) is 8.95. The summed E-state index contributed by atoms with van der Waals surface area (Å²) in [4.78, 5) is 9.06. The van der Waals surface area contributed by atoms with E-state index >= 15 is 0 Å².